The Morgan fingerprint density at radius 1 is 1.08 bits per heavy atom. The Morgan fingerprint density at radius 3 is 2.58 bits per heavy atom. The van der Waals surface area contributed by atoms with Crippen LogP contribution in [-0.2, 0) is 6.54 Å². The minimum absolute atomic E-state index is 0.466. The van der Waals surface area contributed by atoms with Crippen LogP contribution in [0.5, 0.6) is 0 Å². The summed E-state index contributed by atoms with van der Waals surface area (Å²) in [5.74, 6) is 0.596. The maximum Gasteiger partial charge on any atom is 0.298 e. The lowest BCUT2D eigenvalue weighted by molar-refractivity contribution is 0.235. The molecule has 1 aliphatic rings. The highest BCUT2D eigenvalue weighted by molar-refractivity contribution is 5.74. The molecule has 1 fully saturated rings. The van der Waals surface area contributed by atoms with E-state index in [-0.39, 0.29) is 0 Å². The fraction of sp³-hybridized carbons (Fsp3) is 0.500. The molecule has 4 rings (SSSR count). The SMILES string of the molecule is CC(C)C(C)n1cncc1CN1CCN(c2nc3ccccc3o2)CC1. The van der Waals surface area contributed by atoms with Crippen LogP contribution in [-0.4, -0.2) is 45.6 Å². The lowest BCUT2D eigenvalue weighted by Crippen LogP contribution is -2.46. The average molecular weight is 353 g/mol. The van der Waals surface area contributed by atoms with Crippen molar-refractivity contribution in [2.24, 2.45) is 5.92 Å². The molecule has 0 N–H and O–H groups in total. The predicted molar refractivity (Wildman–Crippen MR) is 103 cm³/mol. The standard InChI is InChI=1S/C20H27N5O/c1-15(2)16(3)25-14-21-12-17(25)13-23-8-10-24(11-9-23)20-22-18-6-4-5-7-19(18)26-20/h4-7,12,14-16H,8-11,13H2,1-3H3. The molecule has 138 valence electrons. The molecule has 0 aliphatic carbocycles. The summed E-state index contributed by atoms with van der Waals surface area (Å²) in [5, 5.41) is 0. The zero-order valence-corrected chi connectivity index (χ0v) is 15.8. The first-order chi connectivity index (χ1) is 12.6. The Labute approximate surface area is 154 Å². The maximum atomic E-state index is 5.91. The first-order valence-corrected chi connectivity index (χ1v) is 9.45. The summed E-state index contributed by atoms with van der Waals surface area (Å²) in [7, 11) is 0. The molecule has 6 heteroatoms. The fourth-order valence-corrected chi connectivity index (χ4v) is 3.46. The van der Waals surface area contributed by atoms with Gasteiger partial charge >= 0.3 is 0 Å². The number of benzene rings is 1. The van der Waals surface area contributed by atoms with E-state index in [4.69, 9.17) is 4.42 Å². The normalized spacial score (nSPS) is 17.3. The van der Waals surface area contributed by atoms with Crippen LogP contribution in [0, 0.1) is 5.92 Å². The third-order valence-electron chi connectivity index (χ3n) is 5.46. The van der Waals surface area contributed by atoms with Crippen molar-refractivity contribution >= 4 is 17.1 Å². The number of imidazole rings is 1. The molecule has 1 aromatic carbocycles. The van der Waals surface area contributed by atoms with Crippen molar-refractivity contribution in [1.29, 1.82) is 0 Å². The molecule has 1 unspecified atom stereocenters. The van der Waals surface area contributed by atoms with Gasteiger partial charge in [0.1, 0.15) is 5.52 Å². The summed E-state index contributed by atoms with van der Waals surface area (Å²) in [4.78, 5) is 13.7. The monoisotopic (exact) mass is 353 g/mol. The molecule has 1 aliphatic heterocycles. The molecule has 0 saturated carbocycles. The maximum absolute atomic E-state index is 5.91. The molecule has 3 heterocycles. The number of oxazole rings is 1. The van der Waals surface area contributed by atoms with Gasteiger partial charge < -0.3 is 13.9 Å². The van der Waals surface area contributed by atoms with Crippen molar-refractivity contribution < 1.29 is 4.42 Å². The van der Waals surface area contributed by atoms with Gasteiger partial charge in [-0.1, -0.05) is 26.0 Å². The quantitative estimate of drug-likeness (QED) is 0.702. The molecule has 6 nitrogen and oxygen atoms in total. The van der Waals surface area contributed by atoms with E-state index >= 15 is 0 Å². The van der Waals surface area contributed by atoms with Gasteiger partial charge in [-0.05, 0) is 25.0 Å². The van der Waals surface area contributed by atoms with Gasteiger partial charge in [-0.25, -0.2) is 4.98 Å². The van der Waals surface area contributed by atoms with Crippen LogP contribution in [0.25, 0.3) is 11.1 Å². The van der Waals surface area contributed by atoms with Gasteiger partial charge in [0.2, 0.25) is 0 Å². The zero-order valence-electron chi connectivity index (χ0n) is 15.8. The highest BCUT2D eigenvalue weighted by Gasteiger charge is 2.22. The van der Waals surface area contributed by atoms with Crippen LogP contribution < -0.4 is 4.90 Å². The number of aromatic nitrogens is 3. The van der Waals surface area contributed by atoms with Crippen LogP contribution in [0.3, 0.4) is 0 Å². The number of nitrogens with zero attached hydrogens (tertiary/aromatic N) is 5. The molecule has 2 aromatic heterocycles. The summed E-state index contributed by atoms with van der Waals surface area (Å²) in [5.41, 5.74) is 3.08. The van der Waals surface area contributed by atoms with E-state index in [1.165, 1.54) is 5.69 Å². The Morgan fingerprint density at radius 2 is 1.85 bits per heavy atom. The third kappa shape index (κ3) is 3.33. The van der Waals surface area contributed by atoms with E-state index < -0.39 is 0 Å². The largest absolute Gasteiger partial charge is 0.423 e. The Balaban J connectivity index is 1.39. The molecule has 0 radical (unpaired) electrons. The minimum atomic E-state index is 0.466. The Hall–Kier alpha value is -2.34. The van der Waals surface area contributed by atoms with Crippen LogP contribution in [0.1, 0.15) is 32.5 Å². The molecule has 1 saturated heterocycles. The van der Waals surface area contributed by atoms with Crippen LogP contribution in [0.4, 0.5) is 6.01 Å². The van der Waals surface area contributed by atoms with Crippen molar-refractivity contribution in [2.45, 2.75) is 33.4 Å². The van der Waals surface area contributed by atoms with Crippen molar-refractivity contribution in [2.75, 3.05) is 31.1 Å². The molecule has 3 aromatic rings. The lowest BCUT2D eigenvalue weighted by atomic mass is 10.1. The van der Waals surface area contributed by atoms with Crippen molar-refractivity contribution in [1.82, 2.24) is 19.4 Å². The third-order valence-corrected chi connectivity index (χ3v) is 5.46. The number of piperazine rings is 1. The number of anilines is 1. The summed E-state index contributed by atoms with van der Waals surface area (Å²) in [6, 6.07) is 9.15. The van der Waals surface area contributed by atoms with Gasteiger partial charge in [0.15, 0.2) is 5.58 Å². The molecule has 0 spiro atoms. The summed E-state index contributed by atoms with van der Waals surface area (Å²) in [6.07, 6.45) is 3.97. The summed E-state index contributed by atoms with van der Waals surface area (Å²) >= 11 is 0. The second-order valence-electron chi connectivity index (χ2n) is 7.50. The molecule has 26 heavy (non-hydrogen) atoms. The topological polar surface area (TPSA) is 50.3 Å². The van der Waals surface area contributed by atoms with Gasteiger partial charge in [-0.3, -0.25) is 4.90 Å². The summed E-state index contributed by atoms with van der Waals surface area (Å²) < 4.78 is 8.23. The first kappa shape index (κ1) is 17.1. The van der Waals surface area contributed by atoms with E-state index in [1.807, 2.05) is 36.8 Å². The first-order valence-electron chi connectivity index (χ1n) is 9.45. The molecule has 0 bridgehead atoms. The van der Waals surface area contributed by atoms with Crippen LogP contribution >= 0.6 is 0 Å². The second-order valence-corrected chi connectivity index (χ2v) is 7.50. The number of rotatable bonds is 5. The Kier molecular flexibility index (Phi) is 4.68. The van der Waals surface area contributed by atoms with Crippen LogP contribution in [0.15, 0.2) is 41.2 Å². The molecular formula is C20H27N5O. The zero-order chi connectivity index (χ0) is 18.1. The van der Waals surface area contributed by atoms with Gasteiger partial charge in [0, 0.05) is 45.0 Å². The molecular weight excluding hydrogens is 326 g/mol. The summed E-state index contributed by atoms with van der Waals surface area (Å²) in [6.45, 7) is 11.6. The number of hydrogen-bond acceptors (Lipinski definition) is 5. The molecule has 0 amide bonds. The number of para-hydroxylation sites is 2. The predicted octanol–water partition coefficient (Wildman–Crippen LogP) is 3.56. The second kappa shape index (κ2) is 7.11. The van der Waals surface area contributed by atoms with Crippen molar-refractivity contribution in [3.05, 3.63) is 42.5 Å². The van der Waals surface area contributed by atoms with Crippen molar-refractivity contribution in [3.63, 3.8) is 0 Å². The van der Waals surface area contributed by atoms with E-state index in [1.54, 1.807) is 0 Å². The van der Waals surface area contributed by atoms with Gasteiger partial charge in [-0.2, -0.15) is 4.98 Å². The average Bonchev–Trinajstić information content (AvgIpc) is 3.28. The van der Waals surface area contributed by atoms with E-state index in [0.29, 0.717) is 12.0 Å². The smallest absolute Gasteiger partial charge is 0.298 e. The van der Waals surface area contributed by atoms with Crippen molar-refractivity contribution in [3.8, 4) is 0 Å². The van der Waals surface area contributed by atoms with Gasteiger partial charge in [0.05, 0.1) is 12.0 Å². The van der Waals surface area contributed by atoms with E-state index in [9.17, 15) is 0 Å². The van der Waals surface area contributed by atoms with Gasteiger partial charge in [0.25, 0.3) is 6.01 Å². The number of hydrogen-bond donors (Lipinski definition) is 0. The number of fused-ring (bicyclic) bond motifs is 1. The fourth-order valence-electron chi connectivity index (χ4n) is 3.46. The highest BCUT2D eigenvalue weighted by Crippen LogP contribution is 2.24. The van der Waals surface area contributed by atoms with E-state index in [2.05, 4.69) is 45.1 Å². The van der Waals surface area contributed by atoms with Crippen LogP contribution in [0.2, 0.25) is 0 Å². The highest BCUT2D eigenvalue weighted by atomic mass is 16.4. The van der Waals surface area contributed by atoms with Gasteiger partial charge in [-0.15, -0.1) is 0 Å². The minimum Gasteiger partial charge on any atom is -0.423 e. The molecule has 1 atom stereocenters. The van der Waals surface area contributed by atoms with E-state index in [0.717, 1.165) is 49.8 Å². The Bertz CT molecular complexity index is 827. The lowest BCUT2D eigenvalue weighted by Gasteiger charge is -2.34.